The molecular formula is C20H20N2O2S. The van der Waals surface area contributed by atoms with Crippen LogP contribution in [0, 0.1) is 6.92 Å². The van der Waals surface area contributed by atoms with E-state index >= 15 is 0 Å². The van der Waals surface area contributed by atoms with Gasteiger partial charge >= 0.3 is 0 Å². The quantitative estimate of drug-likeness (QED) is 0.632. The van der Waals surface area contributed by atoms with Gasteiger partial charge < -0.3 is 0 Å². The van der Waals surface area contributed by atoms with Gasteiger partial charge in [-0.05, 0) is 30.2 Å². The van der Waals surface area contributed by atoms with Crippen LogP contribution in [-0.2, 0) is 16.6 Å². The van der Waals surface area contributed by atoms with Crippen molar-refractivity contribution in [1.82, 2.24) is 9.29 Å². The molecule has 0 bridgehead atoms. The maximum absolute atomic E-state index is 13.3. The number of nitrogens with zero attached hydrogens (tertiary/aromatic N) is 2. The van der Waals surface area contributed by atoms with Gasteiger partial charge in [-0.25, -0.2) is 8.42 Å². The monoisotopic (exact) mass is 352 g/mol. The van der Waals surface area contributed by atoms with Gasteiger partial charge in [-0.3, -0.25) is 4.98 Å². The Kier molecular flexibility index (Phi) is 4.97. The summed E-state index contributed by atoms with van der Waals surface area (Å²) in [5.41, 5.74) is 2.42. The zero-order valence-electron chi connectivity index (χ0n) is 14.1. The van der Waals surface area contributed by atoms with Crippen LogP contribution in [0.4, 0.5) is 0 Å². The lowest BCUT2D eigenvalue weighted by atomic mass is 10.2. The van der Waals surface area contributed by atoms with Crippen LogP contribution in [0.1, 0.15) is 11.1 Å². The standard InChI is InChI=1S/C20H20N2O2S/c1-3-12-22(15-17-8-5-4-6-9-17)25(23,24)19-11-7-10-18-13-16(2)14-21-20(18)19/h3-11,13-14H,1,12,15H2,2H3. The second-order valence-electron chi connectivity index (χ2n) is 5.91. The SMILES string of the molecule is C=CCN(Cc1ccccc1)S(=O)(=O)c1cccc2cc(C)cnc12. The number of para-hydroxylation sites is 1. The van der Waals surface area contributed by atoms with E-state index < -0.39 is 10.0 Å². The molecule has 1 aromatic heterocycles. The predicted octanol–water partition coefficient (Wildman–Crippen LogP) is 3.92. The molecule has 0 unspecified atom stereocenters. The van der Waals surface area contributed by atoms with Crippen molar-refractivity contribution in [1.29, 1.82) is 0 Å². The number of aromatic nitrogens is 1. The fourth-order valence-corrected chi connectivity index (χ4v) is 4.33. The number of rotatable bonds is 6. The van der Waals surface area contributed by atoms with Crippen molar-refractivity contribution in [2.24, 2.45) is 0 Å². The van der Waals surface area contributed by atoms with Crippen LogP contribution in [0.2, 0.25) is 0 Å². The molecule has 0 aliphatic carbocycles. The van der Waals surface area contributed by atoms with Crippen molar-refractivity contribution < 1.29 is 8.42 Å². The van der Waals surface area contributed by atoms with Gasteiger partial charge in [0, 0.05) is 24.7 Å². The van der Waals surface area contributed by atoms with E-state index in [9.17, 15) is 8.42 Å². The Morgan fingerprint density at radius 2 is 1.88 bits per heavy atom. The van der Waals surface area contributed by atoms with Gasteiger partial charge in [0.05, 0.1) is 5.52 Å². The highest BCUT2D eigenvalue weighted by Crippen LogP contribution is 2.25. The summed E-state index contributed by atoms with van der Waals surface area (Å²) in [5, 5.41) is 0.819. The highest BCUT2D eigenvalue weighted by molar-refractivity contribution is 7.89. The molecule has 0 atom stereocenters. The summed E-state index contributed by atoms with van der Waals surface area (Å²) in [6.07, 6.45) is 3.29. The van der Waals surface area contributed by atoms with Crippen molar-refractivity contribution in [3.8, 4) is 0 Å². The molecule has 4 nitrogen and oxygen atoms in total. The van der Waals surface area contributed by atoms with E-state index in [2.05, 4.69) is 11.6 Å². The molecule has 0 aliphatic heterocycles. The third-order valence-electron chi connectivity index (χ3n) is 3.96. The highest BCUT2D eigenvalue weighted by Gasteiger charge is 2.26. The Morgan fingerprint density at radius 1 is 1.12 bits per heavy atom. The van der Waals surface area contributed by atoms with E-state index in [-0.39, 0.29) is 18.0 Å². The summed E-state index contributed by atoms with van der Waals surface area (Å²) >= 11 is 0. The second kappa shape index (κ2) is 7.17. The minimum atomic E-state index is -3.70. The molecular weight excluding hydrogens is 332 g/mol. The summed E-state index contributed by atoms with van der Waals surface area (Å²) in [4.78, 5) is 4.59. The maximum atomic E-state index is 13.3. The Hall–Kier alpha value is -2.50. The molecule has 0 spiro atoms. The molecule has 0 saturated carbocycles. The summed E-state index contributed by atoms with van der Waals surface area (Å²) in [6.45, 7) is 6.16. The van der Waals surface area contributed by atoms with Crippen molar-refractivity contribution in [3.63, 3.8) is 0 Å². The largest absolute Gasteiger partial charge is 0.255 e. The summed E-state index contributed by atoms with van der Waals surface area (Å²) in [7, 11) is -3.70. The van der Waals surface area contributed by atoms with E-state index in [0.29, 0.717) is 5.52 Å². The fraction of sp³-hybridized carbons (Fsp3) is 0.150. The third-order valence-corrected chi connectivity index (χ3v) is 5.81. The van der Waals surface area contributed by atoms with E-state index in [1.807, 2.05) is 49.4 Å². The molecule has 0 amide bonds. The minimum absolute atomic E-state index is 0.225. The number of hydrogen-bond acceptors (Lipinski definition) is 3. The molecule has 128 valence electrons. The zero-order chi connectivity index (χ0) is 17.9. The van der Waals surface area contributed by atoms with Crippen LogP contribution in [0.3, 0.4) is 0 Å². The molecule has 2 aromatic carbocycles. The molecule has 0 N–H and O–H groups in total. The first-order chi connectivity index (χ1) is 12.0. The highest BCUT2D eigenvalue weighted by atomic mass is 32.2. The van der Waals surface area contributed by atoms with Crippen LogP contribution in [0.25, 0.3) is 10.9 Å². The third kappa shape index (κ3) is 3.62. The van der Waals surface area contributed by atoms with Gasteiger partial charge in [-0.1, -0.05) is 48.5 Å². The van der Waals surface area contributed by atoms with Crippen molar-refractivity contribution in [3.05, 3.63) is 84.6 Å². The Balaban J connectivity index is 2.08. The van der Waals surface area contributed by atoms with Gasteiger partial charge in [0.1, 0.15) is 4.90 Å². The van der Waals surface area contributed by atoms with Crippen LogP contribution >= 0.6 is 0 Å². The molecule has 25 heavy (non-hydrogen) atoms. The van der Waals surface area contributed by atoms with Gasteiger partial charge in [0.2, 0.25) is 10.0 Å². The summed E-state index contributed by atoms with van der Waals surface area (Å²) < 4.78 is 27.9. The summed E-state index contributed by atoms with van der Waals surface area (Å²) in [6, 6.07) is 16.7. The number of aryl methyl sites for hydroxylation is 1. The Bertz CT molecular complexity index is 999. The number of benzene rings is 2. The molecule has 1 heterocycles. The van der Waals surface area contributed by atoms with Crippen molar-refractivity contribution >= 4 is 20.9 Å². The topological polar surface area (TPSA) is 50.3 Å². The number of sulfonamides is 1. The molecule has 5 heteroatoms. The number of pyridine rings is 1. The lowest BCUT2D eigenvalue weighted by Gasteiger charge is -2.21. The number of fused-ring (bicyclic) bond motifs is 1. The fourth-order valence-electron chi connectivity index (χ4n) is 2.77. The van der Waals surface area contributed by atoms with Gasteiger partial charge in [-0.2, -0.15) is 4.31 Å². The lowest BCUT2D eigenvalue weighted by Crippen LogP contribution is -2.31. The summed E-state index contributed by atoms with van der Waals surface area (Å²) in [5.74, 6) is 0. The predicted molar refractivity (Wildman–Crippen MR) is 101 cm³/mol. The molecule has 0 aliphatic rings. The first kappa shape index (κ1) is 17.3. The van der Waals surface area contributed by atoms with Gasteiger partial charge in [-0.15, -0.1) is 6.58 Å². The van der Waals surface area contributed by atoms with Crippen LogP contribution in [0.5, 0.6) is 0 Å². The Labute approximate surface area is 148 Å². The van der Waals surface area contributed by atoms with Gasteiger partial charge in [0.25, 0.3) is 0 Å². The average Bonchev–Trinajstić information content (AvgIpc) is 2.61. The minimum Gasteiger partial charge on any atom is -0.255 e. The first-order valence-corrected chi connectivity index (χ1v) is 9.47. The van der Waals surface area contributed by atoms with Gasteiger partial charge in [0.15, 0.2) is 0 Å². The van der Waals surface area contributed by atoms with E-state index in [1.54, 1.807) is 24.4 Å². The molecule has 0 saturated heterocycles. The normalized spacial score (nSPS) is 11.8. The lowest BCUT2D eigenvalue weighted by molar-refractivity contribution is 0.439. The van der Waals surface area contributed by atoms with Crippen LogP contribution in [-0.4, -0.2) is 24.3 Å². The first-order valence-electron chi connectivity index (χ1n) is 8.03. The van der Waals surface area contributed by atoms with E-state index in [0.717, 1.165) is 16.5 Å². The number of hydrogen-bond donors (Lipinski definition) is 0. The van der Waals surface area contributed by atoms with Crippen molar-refractivity contribution in [2.75, 3.05) is 6.54 Å². The van der Waals surface area contributed by atoms with Crippen LogP contribution < -0.4 is 0 Å². The van der Waals surface area contributed by atoms with Crippen LogP contribution in [0.15, 0.2) is 78.3 Å². The average molecular weight is 352 g/mol. The zero-order valence-corrected chi connectivity index (χ0v) is 14.9. The maximum Gasteiger partial charge on any atom is 0.245 e. The van der Waals surface area contributed by atoms with Crippen molar-refractivity contribution in [2.45, 2.75) is 18.4 Å². The smallest absolute Gasteiger partial charge is 0.245 e. The molecule has 0 radical (unpaired) electrons. The Morgan fingerprint density at radius 3 is 2.60 bits per heavy atom. The molecule has 3 rings (SSSR count). The molecule has 3 aromatic rings. The second-order valence-corrected chi connectivity index (χ2v) is 7.82. The van der Waals surface area contributed by atoms with E-state index in [4.69, 9.17) is 0 Å². The molecule has 0 fully saturated rings. The van der Waals surface area contributed by atoms with E-state index in [1.165, 1.54) is 4.31 Å².